The molecule has 1 aromatic carbocycles. The van der Waals surface area contributed by atoms with Crippen LogP contribution in [0.2, 0.25) is 0 Å². The normalized spacial score (nSPS) is 14.5. The average molecular weight is 425 g/mol. The summed E-state index contributed by atoms with van der Waals surface area (Å²) in [5.41, 5.74) is 3.84. The first-order chi connectivity index (χ1) is 14.9. The number of aryl methyl sites for hydroxylation is 1. The Balaban J connectivity index is 1.40. The Morgan fingerprint density at radius 2 is 1.81 bits per heavy atom. The summed E-state index contributed by atoms with van der Waals surface area (Å²) >= 11 is 0. The molecule has 0 spiro atoms. The minimum absolute atomic E-state index is 0.123. The number of benzene rings is 1. The number of pyridine rings is 2. The number of anilines is 1. The molecule has 0 radical (unpaired) electrons. The number of rotatable bonds is 4. The van der Waals surface area contributed by atoms with E-state index in [1.54, 1.807) is 6.07 Å². The maximum absolute atomic E-state index is 12.7. The molecule has 31 heavy (non-hydrogen) atoms. The SMILES string of the molecule is Cc1cncc(N2CCC(=Cc3cccc(Oc4ccc(C(F)(F)F)cn4)c3)CC2)c1. The molecule has 1 aliphatic heterocycles. The molecule has 4 nitrogen and oxygen atoms in total. The van der Waals surface area contributed by atoms with Gasteiger partial charge in [-0.3, -0.25) is 4.98 Å². The van der Waals surface area contributed by atoms with Crippen LogP contribution in [0.15, 0.2) is 66.6 Å². The number of aromatic nitrogens is 2. The highest BCUT2D eigenvalue weighted by atomic mass is 19.4. The van der Waals surface area contributed by atoms with Gasteiger partial charge in [0, 0.05) is 31.5 Å². The summed E-state index contributed by atoms with van der Waals surface area (Å²) in [5, 5.41) is 0. The van der Waals surface area contributed by atoms with Crippen LogP contribution in [0.3, 0.4) is 0 Å². The third kappa shape index (κ3) is 5.42. The van der Waals surface area contributed by atoms with Crippen LogP contribution in [0.1, 0.15) is 29.5 Å². The molecule has 7 heteroatoms. The summed E-state index contributed by atoms with van der Waals surface area (Å²) in [7, 11) is 0. The fourth-order valence-corrected chi connectivity index (χ4v) is 3.54. The van der Waals surface area contributed by atoms with E-state index >= 15 is 0 Å². The number of halogens is 3. The minimum atomic E-state index is -4.41. The van der Waals surface area contributed by atoms with Crippen molar-refractivity contribution in [1.82, 2.24) is 9.97 Å². The molecule has 2 aromatic heterocycles. The zero-order valence-corrected chi connectivity index (χ0v) is 17.1. The van der Waals surface area contributed by atoms with Gasteiger partial charge in [0.05, 0.1) is 17.4 Å². The molecule has 1 fully saturated rings. The molecular weight excluding hydrogens is 403 g/mol. The van der Waals surface area contributed by atoms with E-state index in [-0.39, 0.29) is 5.88 Å². The number of nitrogens with zero attached hydrogens (tertiary/aromatic N) is 3. The van der Waals surface area contributed by atoms with Crippen LogP contribution in [0.25, 0.3) is 6.08 Å². The van der Waals surface area contributed by atoms with Gasteiger partial charge in [0.15, 0.2) is 0 Å². The van der Waals surface area contributed by atoms with Gasteiger partial charge < -0.3 is 9.64 Å². The lowest BCUT2D eigenvalue weighted by Gasteiger charge is -2.30. The maximum atomic E-state index is 12.7. The van der Waals surface area contributed by atoms with Gasteiger partial charge in [-0.25, -0.2) is 4.98 Å². The molecule has 160 valence electrons. The Morgan fingerprint density at radius 3 is 2.48 bits per heavy atom. The van der Waals surface area contributed by atoms with Gasteiger partial charge >= 0.3 is 6.18 Å². The fourth-order valence-electron chi connectivity index (χ4n) is 3.54. The largest absolute Gasteiger partial charge is 0.439 e. The lowest BCUT2D eigenvalue weighted by Crippen LogP contribution is -2.30. The number of piperidine rings is 1. The smallest absolute Gasteiger partial charge is 0.417 e. The van der Waals surface area contributed by atoms with Gasteiger partial charge in [0.25, 0.3) is 0 Å². The van der Waals surface area contributed by atoms with Crippen LogP contribution in [-0.2, 0) is 6.18 Å². The van der Waals surface area contributed by atoms with Crippen molar-refractivity contribution >= 4 is 11.8 Å². The molecular formula is C24H22F3N3O. The van der Waals surface area contributed by atoms with Gasteiger partial charge in [-0.15, -0.1) is 0 Å². The highest BCUT2D eigenvalue weighted by Crippen LogP contribution is 2.30. The van der Waals surface area contributed by atoms with Gasteiger partial charge in [0.1, 0.15) is 5.75 Å². The fraction of sp³-hybridized carbons (Fsp3) is 0.250. The van der Waals surface area contributed by atoms with Crippen molar-refractivity contribution in [3.63, 3.8) is 0 Å². The van der Waals surface area contributed by atoms with Crippen LogP contribution in [-0.4, -0.2) is 23.1 Å². The van der Waals surface area contributed by atoms with E-state index in [2.05, 4.69) is 27.0 Å². The number of ether oxygens (including phenoxy) is 1. The van der Waals surface area contributed by atoms with E-state index in [4.69, 9.17) is 4.74 Å². The summed E-state index contributed by atoms with van der Waals surface area (Å²) in [4.78, 5) is 10.4. The lowest BCUT2D eigenvalue weighted by molar-refractivity contribution is -0.137. The van der Waals surface area contributed by atoms with Crippen molar-refractivity contribution in [3.05, 3.63) is 83.3 Å². The molecule has 0 aliphatic carbocycles. The zero-order valence-electron chi connectivity index (χ0n) is 17.1. The molecule has 3 heterocycles. The monoisotopic (exact) mass is 425 g/mol. The van der Waals surface area contributed by atoms with Crippen molar-refractivity contribution in [2.75, 3.05) is 18.0 Å². The van der Waals surface area contributed by atoms with E-state index in [1.165, 1.54) is 11.6 Å². The second kappa shape index (κ2) is 8.79. The van der Waals surface area contributed by atoms with Gasteiger partial charge in [0.2, 0.25) is 5.88 Å². The summed E-state index contributed by atoms with van der Waals surface area (Å²) < 4.78 is 43.6. The van der Waals surface area contributed by atoms with Crippen molar-refractivity contribution < 1.29 is 17.9 Å². The second-order valence-electron chi connectivity index (χ2n) is 7.57. The Hall–Kier alpha value is -3.35. The summed E-state index contributed by atoms with van der Waals surface area (Å²) in [6, 6.07) is 11.8. The molecule has 4 rings (SSSR count). The number of hydrogen-bond acceptors (Lipinski definition) is 4. The average Bonchev–Trinajstić information content (AvgIpc) is 2.74. The Labute approximate surface area is 179 Å². The predicted octanol–water partition coefficient (Wildman–Crippen LogP) is 6.28. The number of alkyl halides is 3. The van der Waals surface area contributed by atoms with Crippen molar-refractivity contribution in [2.24, 2.45) is 0 Å². The first-order valence-electron chi connectivity index (χ1n) is 10.0. The third-order valence-electron chi connectivity index (χ3n) is 5.15. The summed E-state index contributed by atoms with van der Waals surface area (Å²) in [6.45, 7) is 3.91. The molecule has 0 atom stereocenters. The molecule has 0 saturated carbocycles. The van der Waals surface area contributed by atoms with Crippen molar-refractivity contribution in [1.29, 1.82) is 0 Å². The maximum Gasteiger partial charge on any atom is 0.417 e. The molecule has 3 aromatic rings. The van der Waals surface area contributed by atoms with E-state index < -0.39 is 11.7 Å². The summed E-state index contributed by atoms with van der Waals surface area (Å²) in [6.07, 6.45) is 4.19. The Kier molecular flexibility index (Phi) is 5.93. The van der Waals surface area contributed by atoms with E-state index in [1.807, 2.05) is 37.5 Å². The van der Waals surface area contributed by atoms with Crippen LogP contribution >= 0.6 is 0 Å². The number of hydrogen-bond donors (Lipinski definition) is 0. The molecule has 0 bridgehead atoms. The second-order valence-corrected chi connectivity index (χ2v) is 7.57. The van der Waals surface area contributed by atoms with Crippen molar-refractivity contribution in [2.45, 2.75) is 25.9 Å². The topological polar surface area (TPSA) is 38.2 Å². The van der Waals surface area contributed by atoms with Crippen LogP contribution in [0.4, 0.5) is 18.9 Å². The molecule has 0 amide bonds. The zero-order chi connectivity index (χ0) is 21.8. The van der Waals surface area contributed by atoms with E-state index in [0.29, 0.717) is 5.75 Å². The van der Waals surface area contributed by atoms with Crippen molar-refractivity contribution in [3.8, 4) is 11.6 Å². The minimum Gasteiger partial charge on any atom is -0.439 e. The molecule has 0 unspecified atom stereocenters. The molecule has 0 N–H and O–H groups in total. The molecule has 1 aliphatic rings. The quantitative estimate of drug-likeness (QED) is 0.493. The van der Waals surface area contributed by atoms with Crippen LogP contribution < -0.4 is 9.64 Å². The first-order valence-corrected chi connectivity index (χ1v) is 10.0. The van der Waals surface area contributed by atoms with Gasteiger partial charge in [-0.1, -0.05) is 23.8 Å². The summed E-state index contributed by atoms with van der Waals surface area (Å²) in [5.74, 6) is 0.655. The van der Waals surface area contributed by atoms with Gasteiger partial charge in [-0.2, -0.15) is 13.2 Å². The Morgan fingerprint density at radius 1 is 1.00 bits per heavy atom. The first kappa shape index (κ1) is 20.9. The highest BCUT2D eigenvalue weighted by molar-refractivity contribution is 5.57. The lowest BCUT2D eigenvalue weighted by atomic mass is 10.0. The van der Waals surface area contributed by atoms with Crippen LogP contribution in [0, 0.1) is 6.92 Å². The Bertz CT molecular complexity index is 1070. The highest BCUT2D eigenvalue weighted by Gasteiger charge is 2.30. The van der Waals surface area contributed by atoms with E-state index in [0.717, 1.165) is 55.0 Å². The third-order valence-corrected chi connectivity index (χ3v) is 5.15. The standard InChI is InChI=1S/C24H22F3N3O/c1-17-11-21(16-28-14-17)30-9-7-18(8-10-30)12-19-3-2-4-22(13-19)31-23-6-5-20(15-29-23)24(25,26)27/h2-6,11-16H,7-10H2,1H3. The molecule has 1 saturated heterocycles. The van der Waals surface area contributed by atoms with E-state index in [9.17, 15) is 13.2 Å². The van der Waals surface area contributed by atoms with Gasteiger partial charge in [-0.05, 0) is 55.2 Å². The predicted molar refractivity (Wildman–Crippen MR) is 114 cm³/mol. The van der Waals surface area contributed by atoms with Crippen LogP contribution in [0.5, 0.6) is 11.6 Å².